The first-order valence-electron chi connectivity index (χ1n) is 11.7. The van der Waals surface area contributed by atoms with Crippen LogP contribution in [0, 0.1) is 14.9 Å². The molecule has 206 valence electrons. The van der Waals surface area contributed by atoms with Crippen LogP contribution in [0.25, 0.3) is 0 Å². The molecule has 0 spiro atoms. The maximum Gasteiger partial charge on any atom is 0.416 e. The SMILES string of the molecule is Cn1ncc(C#N)c1CCc1ccc(C(F)(F)F)cc1.Cn1ncc(I)c1CCc1ccc(C(F)(F)F)cc1. The van der Waals surface area contributed by atoms with Gasteiger partial charge in [-0.3, -0.25) is 9.36 Å². The third kappa shape index (κ3) is 8.32. The van der Waals surface area contributed by atoms with Gasteiger partial charge in [-0.25, -0.2) is 0 Å². The van der Waals surface area contributed by atoms with Crippen molar-refractivity contribution in [2.75, 3.05) is 0 Å². The molecule has 4 rings (SSSR count). The first-order valence-corrected chi connectivity index (χ1v) is 12.8. The Bertz CT molecular complexity index is 1390. The van der Waals surface area contributed by atoms with Crippen molar-refractivity contribution in [3.05, 3.63) is 104 Å². The van der Waals surface area contributed by atoms with Gasteiger partial charge in [0.05, 0.1) is 44.0 Å². The summed E-state index contributed by atoms with van der Waals surface area (Å²) in [6.45, 7) is 0. The van der Waals surface area contributed by atoms with Gasteiger partial charge in [0.25, 0.3) is 0 Å². The summed E-state index contributed by atoms with van der Waals surface area (Å²) < 4.78 is 79.1. The molecular weight excluding hydrogens is 635 g/mol. The fourth-order valence-corrected chi connectivity index (χ4v) is 4.56. The largest absolute Gasteiger partial charge is 0.416 e. The van der Waals surface area contributed by atoms with E-state index in [4.69, 9.17) is 5.26 Å². The molecule has 0 atom stereocenters. The van der Waals surface area contributed by atoms with Crippen molar-refractivity contribution in [2.24, 2.45) is 14.1 Å². The molecule has 0 N–H and O–H groups in total. The van der Waals surface area contributed by atoms with Crippen LogP contribution in [0.3, 0.4) is 0 Å². The molecule has 0 aliphatic rings. The van der Waals surface area contributed by atoms with Gasteiger partial charge in [0.15, 0.2) is 0 Å². The van der Waals surface area contributed by atoms with Crippen LogP contribution < -0.4 is 0 Å². The van der Waals surface area contributed by atoms with E-state index in [9.17, 15) is 26.3 Å². The highest BCUT2D eigenvalue weighted by atomic mass is 127. The molecule has 0 aliphatic heterocycles. The molecule has 12 heteroatoms. The number of nitrogens with zero attached hydrogens (tertiary/aromatic N) is 5. The number of alkyl halides is 6. The van der Waals surface area contributed by atoms with Gasteiger partial charge in [-0.05, 0) is 83.7 Å². The molecule has 2 aromatic heterocycles. The Morgan fingerprint density at radius 2 is 1.10 bits per heavy atom. The van der Waals surface area contributed by atoms with E-state index in [1.54, 1.807) is 22.6 Å². The maximum atomic E-state index is 12.4. The summed E-state index contributed by atoms with van der Waals surface area (Å²) in [4.78, 5) is 0. The van der Waals surface area contributed by atoms with Crippen molar-refractivity contribution in [3.8, 4) is 6.07 Å². The number of aromatic nitrogens is 4. The van der Waals surface area contributed by atoms with Crippen LogP contribution in [0.5, 0.6) is 0 Å². The second-order valence-electron chi connectivity index (χ2n) is 8.69. The highest BCUT2D eigenvalue weighted by molar-refractivity contribution is 14.1. The van der Waals surface area contributed by atoms with Crippen LogP contribution in [0.2, 0.25) is 0 Å². The van der Waals surface area contributed by atoms with E-state index in [1.165, 1.54) is 30.5 Å². The molecule has 5 nitrogen and oxygen atoms in total. The lowest BCUT2D eigenvalue weighted by atomic mass is 10.0. The third-order valence-corrected chi connectivity index (χ3v) is 6.96. The van der Waals surface area contributed by atoms with Gasteiger partial charge < -0.3 is 0 Å². The molecule has 0 amide bonds. The standard InChI is InChI=1S/C14H12F3N3.C13H12F3IN2/c1-20-13(11(8-18)9-19-20)7-4-10-2-5-12(6-3-10)14(15,16)17;1-19-12(11(17)8-18-19)7-4-9-2-5-10(6-3-9)13(14,15)16/h2-3,5-6,9H,4,7H2,1H3;2-3,5-6,8H,4,7H2,1H3. The van der Waals surface area contributed by atoms with Gasteiger partial charge in [-0.2, -0.15) is 41.8 Å². The lowest BCUT2D eigenvalue weighted by molar-refractivity contribution is -0.138. The summed E-state index contributed by atoms with van der Waals surface area (Å²) in [5.74, 6) is 0. The van der Waals surface area contributed by atoms with Crippen molar-refractivity contribution in [2.45, 2.75) is 38.0 Å². The number of rotatable bonds is 6. The fourth-order valence-electron chi connectivity index (χ4n) is 3.82. The molecular formula is C27H24F6IN5. The van der Waals surface area contributed by atoms with Gasteiger partial charge in [0.1, 0.15) is 6.07 Å². The second kappa shape index (κ2) is 12.7. The van der Waals surface area contributed by atoms with Gasteiger partial charge >= 0.3 is 12.4 Å². The molecule has 0 fully saturated rings. The van der Waals surface area contributed by atoms with Gasteiger partial charge in [0.2, 0.25) is 0 Å². The van der Waals surface area contributed by atoms with Crippen LogP contribution in [-0.4, -0.2) is 19.6 Å². The first kappa shape index (κ1) is 30.2. The molecule has 2 aromatic carbocycles. The summed E-state index contributed by atoms with van der Waals surface area (Å²) in [7, 11) is 3.60. The molecule has 0 unspecified atom stereocenters. The second-order valence-corrected chi connectivity index (χ2v) is 9.85. The fraction of sp³-hybridized carbons (Fsp3) is 0.296. The minimum absolute atomic E-state index is 0.499. The minimum atomic E-state index is -4.31. The summed E-state index contributed by atoms with van der Waals surface area (Å²) in [6, 6.07) is 12.4. The van der Waals surface area contributed by atoms with Crippen molar-refractivity contribution in [1.29, 1.82) is 5.26 Å². The predicted octanol–water partition coefficient (Wildman–Crippen LogP) is 6.92. The van der Waals surface area contributed by atoms with Crippen molar-refractivity contribution >= 4 is 22.6 Å². The lowest BCUT2D eigenvalue weighted by Crippen LogP contribution is -2.05. The number of hydrogen-bond donors (Lipinski definition) is 0. The Balaban J connectivity index is 0.000000216. The van der Waals surface area contributed by atoms with E-state index in [0.717, 1.165) is 56.8 Å². The molecule has 0 saturated heterocycles. The van der Waals surface area contributed by atoms with Crippen LogP contribution in [0.1, 0.15) is 39.2 Å². The average Bonchev–Trinajstić information content (AvgIpc) is 3.41. The molecule has 0 bridgehead atoms. The Kier molecular flexibility index (Phi) is 9.82. The topological polar surface area (TPSA) is 59.4 Å². The van der Waals surface area contributed by atoms with Crippen LogP contribution in [0.15, 0.2) is 60.9 Å². The Labute approximate surface area is 235 Å². The highest BCUT2D eigenvalue weighted by Gasteiger charge is 2.30. The molecule has 4 aromatic rings. The highest BCUT2D eigenvalue weighted by Crippen LogP contribution is 2.30. The van der Waals surface area contributed by atoms with Crippen LogP contribution in [-0.2, 0) is 52.1 Å². The summed E-state index contributed by atoms with van der Waals surface area (Å²) >= 11 is 2.21. The first-order chi connectivity index (χ1) is 18.3. The number of nitriles is 1. The zero-order valence-corrected chi connectivity index (χ0v) is 23.1. The van der Waals surface area contributed by atoms with Gasteiger partial charge in [-0.1, -0.05) is 24.3 Å². The summed E-state index contributed by atoms with van der Waals surface area (Å²) in [5.41, 5.74) is 2.81. The monoisotopic (exact) mass is 659 g/mol. The third-order valence-electron chi connectivity index (χ3n) is 6.06. The molecule has 0 radical (unpaired) electrons. The Morgan fingerprint density at radius 1 is 0.692 bits per heavy atom. The lowest BCUT2D eigenvalue weighted by Gasteiger charge is -2.08. The zero-order chi connectivity index (χ0) is 28.8. The molecule has 2 heterocycles. The zero-order valence-electron chi connectivity index (χ0n) is 21.0. The molecule has 39 heavy (non-hydrogen) atoms. The number of halogens is 7. The van der Waals surface area contributed by atoms with E-state index in [1.807, 2.05) is 13.1 Å². The normalized spacial score (nSPS) is 11.6. The van der Waals surface area contributed by atoms with Crippen molar-refractivity contribution < 1.29 is 26.3 Å². The number of hydrogen-bond acceptors (Lipinski definition) is 3. The van der Waals surface area contributed by atoms with E-state index in [-0.39, 0.29) is 0 Å². The molecule has 0 aliphatic carbocycles. The van der Waals surface area contributed by atoms with Gasteiger partial charge in [0, 0.05) is 14.1 Å². The van der Waals surface area contributed by atoms with E-state index in [2.05, 4.69) is 32.8 Å². The number of aryl methyl sites for hydroxylation is 4. The van der Waals surface area contributed by atoms with Crippen LogP contribution in [0.4, 0.5) is 26.3 Å². The number of benzene rings is 2. The minimum Gasteiger partial charge on any atom is -0.272 e. The summed E-state index contributed by atoms with van der Waals surface area (Å²) in [6.07, 6.45) is -2.72. The Hall–Kier alpha value is -3.34. The van der Waals surface area contributed by atoms with Crippen molar-refractivity contribution in [3.63, 3.8) is 0 Å². The predicted molar refractivity (Wildman–Crippen MR) is 142 cm³/mol. The summed E-state index contributed by atoms with van der Waals surface area (Å²) in [5, 5.41) is 17.1. The average molecular weight is 659 g/mol. The van der Waals surface area contributed by atoms with Crippen LogP contribution >= 0.6 is 22.6 Å². The van der Waals surface area contributed by atoms with Gasteiger partial charge in [-0.15, -0.1) is 0 Å². The van der Waals surface area contributed by atoms with E-state index in [0.29, 0.717) is 24.8 Å². The molecule has 0 saturated carbocycles. The smallest absolute Gasteiger partial charge is 0.272 e. The quantitative estimate of drug-likeness (QED) is 0.167. The van der Waals surface area contributed by atoms with E-state index >= 15 is 0 Å². The van der Waals surface area contributed by atoms with Crippen molar-refractivity contribution in [1.82, 2.24) is 19.6 Å². The maximum absolute atomic E-state index is 12.4. The Morgan fingerprint density at radius 3 is 1.49 bits per heavy atom. The van der Waals surface area contributed by atoms with E-state index < -0.39 is 23.5 Å².